The van der Waals surface area contributed by atoms with E-state index in [4.69, 9.17) is 9.47 Å². The highest BCUT2D eigenvalue weighted by molar-refractivity contribution is 7.98. The van der Waals surface area contributed by atoms with Crippen LogP contribution in [0.1, 0.15) is 17.5 Å². The van der Waals surface area contributed by atoms with Crippen molar-refractivity contribution < 1.29 is 14.3 Å². The molecule has 0 N–H and O–H groups in total. The van der Waals surface area contributed by atoms with Gasteiger partial charge in [0.1, 0.15) is 19.0 Å². The number of hydrogen-bond donors (Lipinski definition) is 0. The largest absolute Gasteiger partial charge is 0.474 e. The summed E-state index contributed by atoms with van der Waals surface area (Å²) >= 11 is 1.80. The Balaban J connectivity index is 1.22. The fourth-order valence-electron chi connectivity index (χ4n) is 3.51. The van der Waals surface area contributed by atoms with Gasteiger partial charge in [-0.3, -0.25) is 4.79 Å². The van der Waals surface area contributed by atoms with E-state index in [0.29, 0.717) is 38.6 Å². The van der Waals surface area contributed by atoms with Crippen molar-refractivity contribution in [2.24, 2.45) is 0 Å². The molecule has 0 bridgehead atoms. The van der Waals surface area contributed by atoms with Gasteiger partial charge in [-0.15, -0.1) is 0 Å². The Morgan fingerprint density at radius 3 is 2.90 bits per heavy atom. The average molecular weight is 438 g/mol. The predicted octanol–water partition coefficient (Wildman–Crippen LogP) is 3.87. The van der Waals surface area contributed by atoms with E-state index in [2.05, 4.69) is 41.2 Å². The molecule has 1 aliphatic heterocycles. The van der Waals surface area contributed by atoms with Gasteiger partial charge in [-0.1, -0.05) is 42.0 Å². The molecule has 0 radical (unpaired) electrons. The van der Waals surface area contributed by atoms with E-state index in [9.17, 15) is 4.79 Å². The Kier molecular flexibility index (Phi) is 7.38. The molecule has 1 unspecified atom stereocenters. The maximum atomic E-state index is 12.6. The molecule has 3 aromatic rings. The van der Waals surface area contributed by atoms with Gasteiger partial charge >= 0.3 is 0 Å². The second-order valence-corrected chi connectivity index (χ2v) is 8.73. The van der Waals surface area contributed by atoms with E-state index in [1.165, 1.54) is 17.5 Å². The van der Waals surface area contributed by atoms with Crippen LogP contribution in [0.4, 0.5) is 0 Å². The Hall–Kier alpha value is -2.64. The summed E-state index contributed by atoms with van der Waals surface area (Å²) in [6.45, 7) is 4.15. The van der Waals surface area contributed by atoms with Gasteiger partial charge in [0, 0.05) is 24.5 Å². The first kappa shape index (κ1) is 21.6. The van der Waals surface area contributed by atoms with Crippen LogP contribution in [0.25, 0.3) is 10.9 Å². The maximum Gasteiger partial charge on any atom is 0.224 e. The lowest BCUT2D eigenvalue weighted by Gasteiger charge is -2.32. The van der Waals surface area contributed by atoms with E-state index < -0.39 is 0 Å². The molecule has 1 aromatic heterocycles. The Labute approximate surface area is 187 Å². The first-order valence-electron chi connectivity index (χ1n) is 10.5. The highest BCUT2D eigenvalue weighted by Crippen LogP contribution is 2.21. The molecule has 162 valence electrons. The standard InChI is InChI=1S/C24H27N3O3S/c1-18-6-8-19(9-7-18)16-31-13-10-23(28)27-11-12-29-20(14-27)15-30-24-21-4-2-3-5-22(21)25-17-26-24/h2-9,17,20H,10-16H2,1H3. The van der Waals surface area contributed by atoms with Gasteiger partial charge in [-0.05, 0) is 24.6 Å². The summed E-state index contributed by atoms with van der Waals surface area (Å²) in [5, 5.41) is 0.874. The highest BCUT2D eigenvalue weighted by Gasteiger charge is 2.24. The van der Waals surface area contributed by atoms with Crippen LogP contribution in [0.15, 0.2) is 54.9 Å². The van der Waals surface area contributed by atoms with Crippen LogP contribution in [0, 0.1) is 6.92 Å². The smallest absolute Gasteiger partial charge is 0.224 e. The number of benzene rings is 2. The predicted molar refractivity (Wildman–Crippen MR) is 123 cm³/mol. The van der Waals surface area contributed by atoms with Crippen molar-refractivity contribution in [2.45, 2.75) is 25.2 Å². The lowest BCUT2D eigenvalue weighted by atomic mass is 10.2. The highest BCUT2D eigenvalue weighted by atomic mass is 32.2. The lowest BCUT2D eigenvalue weighted by Crippen LogP contribution is -2.47. The molecule has 4 rings (SSSR count). The first-order valence-corrected chi connectivity index (χ1v) is 11.7. The van der Waals surface area contributed by atoms with Gasteiger partial charge in [0.05, 0.1) is 24.1 Å². The van der Waals surface area contributed by atoms with Gasteiger partial charge in [-0.25, -0.2) is 9.97 Å². The number of ether oxygens (including phenoxy) is 2. The fraction of sp³-hybridized carbons (Fsp3) is 0.375. The zero-order valence-electron chi connectivity index (χ0n) is 17.7. The van der Waals surface area contributed by atoms with Crippen LogP contribution < -0.4 is 4.74 Å². The molecule has 1 amide bonds. The summed E-state index contributed by atoms with van der Waals surface area (Å²) in [6, 6.07) is 16.3. The molecule has 0 spiro atoms. The molecule has 2 aromatic carbocycles. The molecule has 7 heteroatoms. The molecular formula is C24H27N3O3S. The number of thioether (sulfide) groups is 1. The normalized spacial score (nSPS) is 16.4. The number of amides is 1. The number of nitrogens with zero attached hydrogens (tertiary/aromatic N) is 3. The van der Waals surface area contributed by atoms with E-state index in [0.717, 1.165) is 22.4 Å². The van der Waals surface area contributed by atoms with Crippen LogP contribution in [0.2, 0.25) is 0 Å². The number of aromatic nitrogens is 2. The van der Waals surface area contributed by atoms with Crippen molar-refractivity contribution in [3.63, 3.8) is 0 Å². The van der Waals surface area contributed by atoms with E-state index in [-0.39, 0.29) is 12.0 Å². The van der Waals surface area contributed by atoms with Crippen molar-refractivity contribution in [3.05, 3.63) is 66.0 Å². The average Bonchev–Trinajstić information content (AvgIpc) is 2.81. The third-order valence-electron chi connectivity index (χ3n) is 5.25. The second kappa shape index (κ2) is 10.6. The molecule has 0 saturated carbocycles. The van der Waals surface area contributed by atoms with Gasteiger partial charge in [0.2, 0.25) is 11.8 Å². The third kappa shape index (κ3) is 5.95. The SMILES string of the molecule is Cc1ccc(CSCCC(=O)N2CCOC(COc3ncnc4ccccc34)C2)cc1. The molecular weight excluding hydrogens is 410 g/mol. The topological polar surface area (TPSA) is 64.6 Å². The number of carbonyl (C=O) groups excluding carboxylic acids is 1. The molecule has 1 atom stereocenters. The Morgan fingerprint density at radius 2 is 2.03 bits per heavy atom. The van der Waals surface area contributed by atoms with Crippen LogP contribution in [-0.4, -0.2) is 58.9 Å². The summed E-state index contributed by atoms with van der Waals surface area (Å²) in [4.78, 5) is 23.0. The van der Waals surface area contributed by atoms with Crippen molar-refractivity contribution in [3.8, 4) is 5.88 Å². The maximum absolute atomic E-state index is 12.6. The summed E-state index contributed by atoms with van der Waals surface area (Å²) in [5.74, 6) is 2.47. The van der Waals surface area contributed by atoms with E-state index in [1.807, 2.05) is 29.2 Å². The fourth-order valence-corrected chi connectivity index (χ4v) is 4.40. The number of para-hydroxylation sites is 1. The summed E-state index contributed by atoms with van der Waals surface area (Å²) in [7, 11) is 0. The molecule has 6 nitrogen and oxygen atoms in total. The number of carbonyl (C=O) groups is 1. The lowest BCUT2D eigenvalue weighted by molar-refractivity contribution is -0.139. The molecule has 0 aliphatic carbocycles. The van der Waals surface area contributed by atoms with Crippen molar-refractivity contribution in [2.75, 3.05) is 32.1 Å². The van der Waals surface area contributed by atoms with Crippen molar-refractivity contribution in [1.82, 2.24) is 14.9 Å². The minimum absolute atomic E-state index is 0.161. The minimum atomic E-state index is -0.161. The summed E-state index contributed by atoms with van der Waals surface area (Å²) in [5.41, 5.74) is 3.41. The number of hydrogen-bond acceptors (Lipinski definition) is 6. The van der Waals surface area contributed by atoms with Crippen LogP contribution in [0.5, 0.6) is 5.88 Å². The number of fused-ring (bicyclic) bond motifs is 1. The number of aryl methyl sites for hydroxylation is 1. The Morgan fingerprint density at radius 1 is 1.19 bits per heavy atom. The Bertz CT molecular complexity index is 1010. The molecule has 1 aliphatic rings. The number of rotatable bonds is 8. The van der Waals surface area contributed by atoms with Gasteiger partial charge < -0.3 is 14.4 Å². The molecule has 1 fully saturated rings. The second-order valence-electron chi connectivity index (χ2n) is 7.63. The van der Waals surface area contributed by atoms with Crippen molar-refractivity contribution >= 4 is 28.6 Å². The third-order valence-corrected chi connectivity index (χ3v) is 6.28. The first-order chi connectivity index (χ1) is 15.2. The monoisotopic (exact) mass is 437 g/mol. The van der Waals surface area contributed by atoms with Crippen LogP contribution in [0.3, 0.4) is 0 Å². The number of morpholine rings is 1. The molecule has 31 heavy (non-hydrogen) atoms. The van der Waals surface area contributed by atoms with Gasteiger partial charge in [-0.2, -0.15) is 11.8 Å². The van der Waals surface area contributed by atoms with Crippen molar-refractivity contribution in [1.29, 1.82) is 0 Å². The zero-order valence-corrected chi connectivity index (χ0v) is 18.5. The summed E-state index contributed by atoms with van der Waals surface area (Å²) < 4.78 is 11.7. The van der Waals surface area contributed by atoms with Gasteiger partial charge in [0.15, 0.2) is 0 Å². The van der Waals surface area contributed by atoms with Crippen LogP contribution in [-0.2, 0) is 15.3 Å². The van der Waals surface area contributed by atoms with Crippen LogP contribution >= 0.6 is 11.8 Å². The quantitative estimate of drug-likeness (QED) is 0.499. The van der Waals surface area contributed by atoms with E-state index in [1.54, 1.807) is 11.8 Å². The van der Waals surface area contributed by atoms with Gasteiger partial charge in [0.25, 0.3) is 0 Å². The minimum Gasteiger partial charge on any atom is -0.474 e. The summed E-state index contributed by atoms with van der Waals surface area (Å²) in [6.07, 6.45) is 1.89. The van der Waals surface area contributed by atoms with E-state index >= 15 is 0 Å². The molecule has 1 saturated heterocycles. The zero-order chi connectivity index (χ0) is 21.5. The molecule has 2 heterocycles.